The van der Waals surface area contributed by atoms with Gasteiger partial charge in [-0.3, -0.25) is 0 Å². The third-order valence-corrected chi connectivity index (χ3v) is 3.02. The molecule has 0 heterocycles. The first-order valence-corrected chi connectivity index (χ1v) is 6.63. The van der Waals surface area contributed by atoms with Gasteiger partial charge in [0, 0.05) is 6.04 Å². The summed E-state index contributed by atoms with van der Waals surface area (Å²) in [5.74, 6) is 0. The van der Waals surface area contributed by atoms with Crippen molar-refractivity contribution < 1.29 is 0 Å². The molecule has 0 amide bonds. The number of nitrogens with one attached hydrogen (secondary N) is 1. The zero-order chi connectivity index (χ0) is 11.5. The second kappa shape index (κ2) is 10.4. The fourth-order valence-corrected chi connectivity index (χ4v) is 1.67. The summed E-state index contributed by atoms with van der Waals surface area (Å²) in [5, 5.41) is 3.45. The minimum absolute atomic E-state index is 0.736. The van der Waals surface area contributed by atoms with Gasteiger partial charge >= 0.3 is 0 Å². The number of hydrogen-bond donors (Lipinski definition) is 1. The average Bonchev–Trinajstić information content (AvgIpc) is 2.25. The topological polar surface area (TPSA) is 15.3 Å². The molecule has 0 aromatic carbocycles. The molecule has 1 unspecified atom stereocenters. The van der Waals surface area contributed by atoms with E-state index in [0.29, 0.717) is 0 Å². The van der Waals surface area contributed by atoms with Gasteiger partial charge in [-0.1, -0.05) is 20.3 Å². The Morgan fingerprint density at radius 2 is 1.80 bits per heavy atom. The summed E-state index contributed by atoms with van der Waals surface area (Å²) in [6.07, 6.45) is 6.49. The first kappa shape index (κ1) is 14.9. The van der Waals surface area contributed by atoms with Crippen molar-refractivity contribution in [2.75, 3.05) is 26.7 Å². The van der Waals surface area contributed by atoms with Crippen molar-refractivity contribution in [3.63, 3.8) is 0 Å². The maximum Gasteiger partial charge on any atom is 0.00643 e. The lowest BCUT2D eigenvalue weighted by Gasteiger charge is -2.24. The average molecular weight is 214 g/mol. The van der Waals surface area contributed by atoms with E-state index in [1.807, 2.05) is 0 Å². The molecule has 2 heteroatoms. The van der Waals surface area contributed by atoms with Crippen LogP contribution in [0.5, 0.6) is 0 Å². The Morgan fingerprint density at radius 3 is 2.40 bits per heavy atom. The van der Waals surface area contributed by atoms with Gasteiger partial charge in [0.15, 0.2) is 0 Å². The molecular formula is C13H30N2. The minimum Gasteiger partial charge on any atom is -0.317 e. The molecule has 0 rings (SSSR count). The van der Waals surface area contributed by atoms with Gasteiger partial charge < -0.3 is 10.2 Å². The van der Waals surface area contributed by atoms with Crippen molar-refractivity contribution in [3.8, 4) is 0 Å². The molecule has 92 valence electrons. The van der Waals surface area contributed by atoms with Gasteiger partial charge in [0.2, 0.25) is 0 Å². The van der Waals surface area contributed by atoms with E-state index in [0.717, 1.165) is 6.04 Å². The van der Waals surface area contributed by atoms with Crippen molar-refractivity contribution in [3.05, 3.63) is 0 Å². The molecule has 0 aliphatic heterocycles. The molecule has 15 heavy (non-hydrogen) atoms. The Bertz CT molecular complexity index is 126. The van der Waals surface area contributed by atoms with Crippen LogP contribution < -0.4 is 5.32 Å². The molecule has 1 N–H and O–H groups in total. The quantitative estimate of drug-likeness (QED) is 0.563. The molecule has 0 aromatic heterocycles. The Morgan fingerprint density at radius 1 is 1.07 bits per heavy atom. The van der Waals surface area contributed by atoms with Crippen LogP contribution in [0.4, 0.5) is 0 Å². The molecule has 1 atom stereocenters. The van der Waals surface area contributed by atoms with E-state index in [9.17, 15) is 0 Å². The SMILES string of the molecule is CCCCN(C)C(C)CCCNCCC. The molecular weight excluding hydrogens is 184 g/mol. The lowest BCUT2D eigenvalue weighted by atomic mass is 10.1. The van der Waals surface area contributed by atoms with Crippen molar-refractivity contribution in [2.45, 2.75) is 58.9 Å². The van der Waals surface area contributed by atoms with Crippen molar-refractivity contribution in [1.82, 2.24) is 10.2 Å². The highest BCUT2D eigenvalue weighted by Crippen LogP contribution is 2.05. The maximum absolute atomic E-state index is 3.45. The van der Waals surface area contributed by atoms with Crippen LogP contribution in [0.1, 0.15) is 52.9 Å². The first-order chi connectivity index (χ1) is 7.22. The highest BCUT2D eigenvalue weighted by Gasteiger charge is 2.07. The van der Waals surface area contributed by atoms with E-state index in [1.54, 1.807) is 0 Å². The van der Waals surface area contributed by atoms with Crippen LogP contribution in [0.3, 0.4) is 0 Å². The summed E-state index contributed by atoms with van der Waals surface area (Å²) in [6.45, 7) is 10.4. The molecule has 0 aliphatic carbocycles. The van der Waals surface area contributed by atoms with E-state index in [-0.39, 0.29) is 0 Å². The van der Waals surface area contributed by atoms with Gasteiger partial charge in [-0.2, -0.15) is 0 Å². The van der Waals surface area contributed by atoms with Crippen LogP contribution in [-0.2, 0) is 0 Å². The normalized spacial score (nSPS) is 13.4. The van der Waals surface area contributed by atoms with Gasteiger partial charge in [-0.15, -0.1) is 0 Å². The first-order valence-electron chi connectivity index (χ1n) is 6.63. The van der Waals surface area contributed by atoms with Crippen LogP contribution in [0, 0.1) is 0 Å². The second-order valence-corrected chi connectivity index (χ2v) is 4.58. The summed E-state index contributed by atoms with van der Waals surface area (Å²) in [7, 11) is 2.25. The van der Waals surface area contributed by atoms with Gasteiger partial charge in [-0.05, 0) is 59.3 Å². The largest absolute Gasteiger partial charge is 0.317 e. The number of unbranched alkanes of at least 4 members (excludes halogenated alkanes) is 1. The van der Waals surface area contributed by atoms with Gasteiger partial charge in [-0.25, -0.2) is 0 Å². The van der Waals surface area contributed by atoms with E-state index in [2.05, 4.69) is 38.0 Å². The lowest BCUT2D eigenvalue weighted by molar-refractivity contribution is 0.239. The molecule has 0 radical (unpaired) electrons. The lowest BCUT2D eigenvalue weighted by Crippen LogP contribution is -2.30. The Balaban J connectivity index is 3.34. The van der Waals surface area contributed by atoms with Crippen molar-refractivity contribution in [1.29, 1.82) is 0 Å². The second-order valence-electron chi connectivity index (χ2n) is 4.58. The Kier molecular flexibility index (Phi) is 10.4. The van der Waals surface area contributed by atoms with Crippen LogP contribution in [0.15, 0.2) is 0 Å². The van der Waals surface area contributed by atoms with E-state index in [4.69, 9.17) is 0 Å². The van der Waals surface area contributed by atoms with Crippen LogP contribution >= 0.6 is 0 Å². The number of nitrogens with zero attached hydrogens (tertiary/aromatic N) is 1. The molecule has 0 aromatic rings. The smallest absolute Gasteiger partial charge is 0.00643 e. The number of hydrogen-bond acceptors (Lipinski definition) is 2. The summed E-state index contributed by atoms with van der Waals surface area (Å²) < 4.78 is 0. The van der Waals surface area contributed by atoms with Crippen LogP contribution in [0.25, 0.3) is 0 Å². The zero-order valence-electron chi connectivity index (χ0n) is 11.2. The molecule has 0 aliphatic rings. The minimum atomic E-state index is 0.736. The van der Waals surface area contributed by atoms with Crippen molar-refractivity contribution in [2.24, 2.45) is 0 Å². The third-order valence-electron chi connectivity index (χ3n) is 3.02. The Labute approximate surface area is 96.4 Å². The summed E-state index contributed by atoms with van der Waals surface area (Å²) in [5.41, 5.74) is 0. The van der Waals surface area contributed by atoms with E-state index in [1.165, 1.54) is 51.7 Å². The molecule has 2 nitrogen and oxygen atoms in total. The van der Waals surface area contributed by atoms with Gasteiger partial charge in [0.25, 0.3) is 0 Å². The monoisotopic (exact) mass is 214 g/mol. The molecule has 0 saturated carbocycles. The fraction of sp³-hybridized carbons (Fsp3) is 1.00. The molecule has 0 spiro atoms. The zero-order valence-corrected chi connectivity index (χ0v) is 11.2. The Hall–Kier alpha value is -0.0800. The summed E-state index contributed by atoms with van der Waals surface area (Å²) in [4.78, 5) is 2.49. The predicted molar refractivity (Wildman–Crippen MR) is 69.4 cm³/mol. The summed E-state index contributed by atoms with van der Waals surface area (Å²) >= 11 is 0. The highest BCUT2D eigenvalue weighted by atomic mass is 15.1. The molecule has 0 fully saturated rings. The highest BCUT2D eigenvalue weighted by molar-refractivity contribution is 4.63. The fourth-order valence-electron chi connectivity index (χ4n) is 1.67. The van der Waals surface area contributed by atoms with Gasteiger partial charge in [0.1, 0.15) is 0 Å². The maximum atomic E-state index is 3.45. The molecule has 0 saturated heterocycles. The van der Waals surface area contributed by atoms with Crippen LogP contribution in [-0.4, -0.2) is 37.6 Å². The third kappa shape index (κ3) is 8.88. The standard InChI is InChI=1S/C13H30N2/c1-5-7-12-15(4)13(3)9-8-11-14-10-6-2/h13-14H,5-12H2,1-4H3. The van der Waals surface area contributed by atoms with E-state index >= 15 is 0 Å². The number of rotatable bonds is 10. The molecule has 0 bridgehead atoms. The predicted octanol–water partition coefficient (Wildman–Crippen LogP) is 2.89. The van der Waals surface area contributed by atoms with E-state index < -0.39 is 0 Å². The van der Waals surface area contributed by atoms with Gasteiger partial charge in [0.05, 0.1) is 0 Å². The summed E-state index contributed by atoms with van der Waals surface area (Å²) in [6, 6.07) is 0.736. The van der Waals surface area contributed by atoms with Crippen LogP contribution in [0.2, 0.25) is 0 Å². The van der Waals surface area contributed by atoms with Crippen molar-refractivity contribution >= 4 is 0 Å².